The summed E-state index contributed by atoms with van der Waals surface area (Å²) in [6.07, 6.45) is 0. The van der Waals surface area contributed by atoms with Crippen LogP contribution in [0, 0.1) is 0 Å². The maximum Gasteiger partial charge on any atom is 0.302 e. The van der Waals surface area contributed by atoms with Crippen molar-refractivity contribution in [2.75, 3.05) is 12.4 Å². The smallest absolute Gasteiger partial charge is 0.302 e. The van der Waals surface area contributed by atoms with E-state index in [1.54, 1.807) is 0 Å². The fourth-order valence-electron chi connectivity index (χ4n) is 0.291. The summed E-state index contributed by atoms with van der Waals surface area (Å²) in [6.45, 7) is 0.859. The van der Waals surface area contributed by atoms with Crippen LogP contribution in [0.4, 0.5) is 0 Å². The second kappa shape index (κ2) is 6.19. The Morgan fingerprint density at radius 1 is 1.55 bits per heavy atom. The minimum atomic E-state index is -4.00. The summed E-state index contributed by atoms with van der Waals surface area (Å²) in [6, 6.07) is 0. The molecule has 62 valence electrons. The molecule has 0 saturated heterocycles. The molecule has 0 bridgehead atoms. The molecule has 1 N–H and O–H groups in total. The van der Waals surface area contributed by atoms with Crippen LogP contribution in [-0.2, 0) is 19.6 Å². The monoisotopic (exact) mass is 208 g/mol. The Balaban J connectivity index is 0. The average molecular weight is 208 g/mol. The molecule has 0 atom stereocenters. The first-order valence-electron chi connectivity index (χ1n) is 2.50. The van der Waals surface area contributed by atoms with E-state index in [0.717, 1.165) is 6.92 Å². The van der Waals surface area contributed by atoms with Crippen LogP contribution < -0.4 is 0 Å². The Labute approximate surface area is 94.9 Å². The standard InChI is InChI=1S/C4H8O5S.Ca/c1-4(5)9-2-3-10(6,7)8;/h2-3H2,1H3,(H,6,7,8);. The molecule has 0 heterocycles. The molecule has 0 aromatic heterocycles. The summed E-state index contributed by atoms with van der Waals surface area (Å²) in [7, 11) is -4.00. The van der Waals surface area contributed by atoms with Crippen LogP contribution in [0.15, 0.2) is 0 Å². The molecule has 0 aliphatic rings. The maximum absolute atomic E-state index is 10.0. The van der Waals surface area contributed by atoms with Gasteiger partial charge in [-0.25, -0.2) is 0 Å². The zero-order chi connectivity index (χ0) is 8.20. The molecule has 0 aliphatic heterocycles. The second-order valence-corrected chi connectivity index (χ2v) is 3.20. The Bertz CT molecular complexity index is 209. The molecule has 0 fully saturated rings. The molecule has 5 nitrogen and oxygen atoms in total. The fraction of sp³-hybridized carbons (Fsp3) is 0.750. The summed E-state index contributed by atoms with van der Waals surface area (Å²) in [5.41, 5.74) is 0. The van der Waals surface area contributed by atoms with E-state index in [1.807, 2.05) is 0 Å². The number of rotatable bonds is 3. The van der Waals surface area contributed by atoms with E-state index in [2.05, 4.69) is 4.74 Å². The van der Waals surface area contributed by atoms with Crippen LogP contribution in [0.2, 0.25) is 0 Å². The largest absolute Gasteiger partial charge is 0.465 e. The number of hydrogen-bond acceptors (Lipinski definition) is 4. The number of carbonyl (C=O) groups excluding carboxylic acids is 1. The Kier molecular flexibility index (Phi) is 7.98. The van der Waals surface area contributed by atoms with Crippen LogP contribution >= 0.6 is 0 Å². The van der Waals surface area contributed by atoms with Crippen molar-refractivity contribution in [2.45, 2.75) is 6.92 Å². The molecule has 0 unspecified atom stereocenters. The maximum atomic E-state index is 10.0. The number of esters is 1. The van der Waals surface area contributed by atoms with Gasteiger partial charge >= 0.3 is 5.97 Å². The molecule has 11 heavy (non-hydrogen) atoms. The van der Waals surface area contributed by atoms with E-state index in [1.165, 1.54) is 0 Å². The third-order valence-electron chi connectivity index (χ3n) is 0.647. The van der Waals surface area contributed by atoms with Gasteiger partial charge in [0.1, 0.15) is 12.4 Å². The minimum Gasteiger partial charge on any atom is -0.465 e. The normalized spacial score (nSPS) is 10.0. The van der Waals surface area contributed by atoms with Gasteiger partial charge in [0.15, 0.2) is 0 Å². The quantitative estimate of drug-likeness (QED) is 0.367. The predicted molar refractivity (Wildman–Crippen MR) is 38.8 cm³/mol. The van der Waals surface area contributed by atoms with Gasteiger partial charge in [-0.1, -0.05) is 0 Å². The van der Waals surface area contributed by atoms with E-state index in [4.69, 9.17) is 4.55 Å². The third-order valence-corrected chi connectivity index (χ3v) is 1.33. The predicted octanol–water partition coefficient (Wildman–Crippen LogP) is -0.944. The van der Waals surface area contributed by atoms with Crippen molar-refractivity contribution >= 4 is 53.8 Å². The molecule has 0 aliphatic carbocycles. The van der Waals surface area contributed by atoms with Gasteiger partial charge in [0.05, 0.1) is 0 Å². The summed E-state index contributed by atoms with van der Waals surface area (Å²) in [5.74, 6) is -1.12. The first-order chi connectivity index (χ1) is 4.42. The van der Waals surface area contributed by atoms with Crippen molar-refractivity contribution in [3.05, 3.63) is 0 Å². The van der Waals surface area contributed by atoms with Crippen molar-refractivity contribution in [2.24, 2.45) is 0 Å². The molecular formula is C4H8CaO5S. The Morgan fingerprint density at radius 2 is 2.00 bits per heavy atom. The first-order valence-corrected chi connectivity index (χ1v) is 4.11. The number of carbonyl (C=O) groups is 1. The van der Waals surface area contributed by atoms with Crippen molar-refractivity contribution < 1.29 is 22.5 Å². The van der Waals surface area contributed by atoms with E-state index in [-0.39, 0.29) is 44.3 Å². The Morgan fingerprint density at radius 3 is 2.27 bits per heavy atom. The molecule has 0 aromatic carbocycles. The van der Waals surface area contributed by atoms with Crippen molar-refractivity contribution in [1.29, 1.82) is 0 Å². The molecule has 7 heteroatoms. The molecular weight excluding hydrogens is 200 g/mol. The van der Waals surface area contributed by atoms with Gasteiger partial charge in [-0.3, -0.25) is 9.35 Å². The molecule has 0 rings (SSSR count). The number of hydrogen-bond donors (Lipinski definition) is 1. The van der Waals surface area contributed by atoms with Gasteiger partial charge in [-0.2, -0.15) is 8.42 Å². The molecule has 0 saturated carbocycles. The van der Waals surface area contributed by atoms with E-state index >= 15 is 0 Å². The first kappa shape index (κ1) is 14.2. The van der Waals surface area contributed by atoms with Gasteiger partial charge in [0.25, 0.3) is 10.1 Å². The van der Waals surface area contributed by atoms with Gasteiger partial charge in [0.2, 0.25) is 0 Å². The third kappa shape index (κ3) is 13.6. The van der Waals surface area contributed by atoms with Crippen LogP contribution in [0.25, 0.3) is 0 Å². The van der Waals surface area contributed by atoms with E-state index in [0.29, 0.717) is 0 Å². The summed E-state index contributed by atoms with van der Waals surface area (Å²) < 4.78 is 32.3. The van der Waals surface area contributed by atoms with Crippen molar-refractivity contribution in [3.63, 3.8) is 0 Å². The fourth-order valence-corrected chi connectivity index (χ4v) is 0.585. The van der Waals surface area contributed by atoms with Gasteiger partial charge in [0, 0.05) is 44.7 Å². The summed E-state index contributed by atoms with van der Waals surface area (Å²) in [4.78, 5) is 10.0. The average Bonchev–Trinajstić information content (AvgIpc) is 1.59. The molecule has 0 aromatic rings. The molecule has 0 amide bonds. The minimum absolute atomic E-state index is 0. The molecule has 2 radical (unpaired) electrons. The summed E-state index contributed by atoms with van der Waals surface area (Å²) >= 11 is 0. The van der Waals surface area contributed by atoms with Crippen LogP contribution in [0.1, 0.15) is 6.92 Å². The van der Waals surface area contributed by atoms with Gasteiger partial charge in [-0.05, 0) is 0 Å². The number of ether oxygens (including phenoxy) is 1. The molecule has 0 spiro atoms. The van der Waals surface area contributed by atoms with Crippen LogP contribution in [0.3, 0.4) is 0 Å². The van der Waals surface area contributed by atoms with Crippen LogP contribution in [0.5, 0.6) is 0 Å². The van der Waals surface area contributed by atoms with E-state index < -0.39 is 21.8 Å². The topological polar surface area (TPSA) is 80.7 Å². The zero-order valence-corrected chi connectivity index (χ0v) is 9.13. The van der Waals surface area contributed by atoms with Gasteiger partial charge < -0.3 is 4.74 Å². The van der Waals surface area contributed by atoms with E-state index in [9.17, 15) is 13.2 Å². The van der Waals surface area contributed by atoms with Crippen molar-refractivity contribution in [3.8, 4) is 0 Å². The van der Waals surface area contributed by atoms with Crippen LogP contribution in [-0.4, -0.2) is 69.0 Å². The second-order valence-electron chi connectivity index (χ2n) is 1.63. The Hall–Kier alpha value is 0.640. The SMILES string of the molecule is CC(=O)OCCS(=O)(=O)O.[Ca]. The summed E-state index contributed by atoms with van der Waals surface area (Å²) in [5, 5.41) is 0. The zero-order valence-electron chi connectivity index (χ0n) is 6.11. The van der Waals surface area contributed by atoms with Gasteiger partial charge in [-0.15, -0.1) is 0 Å². The van der Waals surface area contributed by atoms with Crippen molar-refractivity contribution in [1.82, 2.24) is 0 Å².